The molecule has 0 spiro atoms. The van der Waals surface area contributed by atoms with E-state index in [0.717, 1.165) is 13.1 Å². The molecule has 11 heavy (non-hydrogen) atoms. The fraction of sp³-hybridized carbons (Fsp3) is 0.714. The highest BCUT2D eigenvalue weighted by Crippen LogP contribution is 2.17. The molecule has 1 N–H and O–H groups in total. The van der Waals surface area contributed by atoms with Crippen molar-refractivity contribution in [3.05, 3.63) is 0 Å². The second kappa shape index (κ2) is 3.24. The maximum absolute atomic E-state index is 10.9. The van der Waals surface area contributed by atoms with Crippen LogP contribution in [-0.4, -0.2) is 31.1 Å². The summed E-state index contributed by atoms with van der Waals surface area (Å²) in [4.78, 5) is 12.6. The van der Waals surface area contributed by atoms with E-state index >= 15 is 0 Å². The standard InChI is InChI=1S/C7H11N3O/c1-9-7(11)10-4-6(5-10)2-3-8/h6H,2,4-5H2,1H3,(H,9,11). The number of hydrogen-bond donors (Lipinski definition) is 1. The third-order valence-corrected chi connectivity index (χ3v) is 1.84. The molecule has 0 bridgehead atoms. The summed E-state index contributed by atoms with van der Waals surface area (Å²) in [6.45, 7) is 1.46. The van der Waals surface area contributed by atoms with E-state index in [9.17, 15) is 4.79 Å². The van der Waals surface area contributed by atoms with Crippen LogP contribution < -0.4 is 5.32 Å². The van der Waals surface area contributed by atoms with Crippen LogP contribution in [0.4, 0.5) is 4.79 Å². The first-order chi connectivity index (χ1) is 5.27. The molecule has 4 nitrogen and oxygen atoms in total. The fourth-order valence-corrected chi connectivity index (χ4v) is 1.15. The van der Waals surface area contributed by atoms with Crippen LogP contribution in [0.5, 0.6) is 0 Å². The smallest absolute Gasteiger partial charge is 0.317 e. The third kappa shape index (κ3) is 1.61. The van der Waals surface area contributed by atoms with Gasteiger partial charge in [0.1, 0.15) is 0 Å². The van der Waals surface area contributed by atoms with Gasteiger partial charge in [0.05, 0.1) is 6.07 Å². The summed E-state index contributed by atoms with van der Waals surface area (Å²) >= 11 is 0. The van der Waals surface area contributed by atoms with Crippen molar-refractivity contribution in [2.75, 3.05) is 20.1 Å². The van der Waals surface area contributed by atoms with Gasteiger partial charge in [0.15, 0.2) is 0 Å². The van der Waals surface area contributed by atoms with Gasteiger partial charge in [-0.05, 0) is 0 Å². The highest BCUT2D eigenvalue weighted by atomic mass is 16.2. The summed E-state index contributed by atoms with van der Waals surface area (Å²) in [7, 11) is 1.61. The van der Waals surface area contributed by atoms with Gasteiger partial charge < -0.3 is 10.2 Å². The van der Waals surface area contributed by atoms with Crippen LogP contribution in [0, 0.1) is 17.2 Å². The first-order valence-corrected chi connectivity index (χ1v) is 3.61. The molecule has 1 saturated heterocycles. The van der Waals surface area contributed by atoms with Crippen molar-refractivity contribution >= 4 is 6.03 Å². The average Bonchev–Trinajstić information content (AvgIpc) is 1.94. The van der Waals surface area contributed by atoms with E-state index in [1.165, 1.54) is 0 Å². The molecule has 0 radical (unpaired) electrons. The van der Waals surface area contributed by atoms with Crippen molar-refractivity contribution in [3.63, 3.8) is 0 Å². The third-order valence-electron chi connectivity index (χ3n) is 1.84. The van der Waals surface area contributed by atoms with E-state index in [0.29, 0.717) is 12.3 Å². The summed E-state index contributed by atoms with van der Waals surface area (Å²) in [6.07, 6.45) is 0.563. The summed E-state index contributed by atoms with van der Waals surface area (Å²) < 4.78 is 0. The van der Waals surface area contributed by atoms with Crippen LogP contribution in [0.3, 0.4) is 0 Å². The Balaban J connectivity index is 2.20. The zero-order valence-corrected chi connectivity index (χ0v) is 6.50. The van der Waals surface area contributed by atoms with Gasteiger partial charge in [-0.15, -0.1) is 0 Å². The number of rotatable bonds is 1. The van der Waals surface area contributed by atoms with Gasteiger partial charge in [0.2, 0.25) is 0 Å². The number of carbonyl (C=O) groups excluding carboxylic acids is 1. The number of nitrogens with one attached hydrogen (secondary N) is 1. The van der Waals surface area contributed by atoms with Crippen LogP contribution >= 0.6 is 0 Å². The Morgan fingerprint density at radius 3 is 2.91 bits per heavy atom. The second-order valence-electron chi connectivity index (χ2n) is 2.69. The lowest BCUT2D eigenvalue weighted by Gasteiger charge is -2.37. The van der Waals surface area contributed by atoms with Gasteiger partial charge >= 0.3 is 6.03 Å². The maximum atomic E-state index is 10.9. The van der Waals surface area contributed by atoms with Crippen LogP contribution in [0.2, 0.25) is 0 Å². The molecular weight excluding hydrogens is 142 g/mol. The highest BCUT2D eigenvalue weighted by molar-refractivity contribution is 5.74. The predicted molar refractivity (Wildman–Crippen MR) is 39.7 cm³/mol. The minimum Gasteiger partial charge on any atom is -0.341 e. The normalized spacial score (nSPS) is 16.9. The minimum absolute atomic E-state index is 0.0424. The number of urea groups is 1. The van der Waals surface area contributed by atoms with E-state index in [4.69, 9.17) is 5.26 Å². The molecule has 1 rings (SSSR count). The van der Waals surface area contributed by atoms with E-state index in [1.807, 2.05) is 0 Å². The molecule has 0 saturated carbocycles. The summed E-state index contributed by atoms with van der Waals surface area (Å²) in [5.41, 5.74) is 0. The fourth-order valence-electron chi connectivity index (χ4n) is 1.15. The lowest BCUT2D eigenvalue weighted by Crippen LogP contribution is -2.52. The Labute approximate surface area is 65.8 Å². The lowest BCUT2D eigenvalue weighted by atomic mass is 9.98. The van der Waals surface area contributed by atoms with Gasteiger partial charge in [0.25, 0.3) is 0 Å². The quantitative estimate of drug-likeness (QED) is 0.583. The van der Waals surface area contributed by atoms with Crippen LogP contribution in [-0.2, 0) is 0 Å². The lowest BCUT2D eigenvalue weighted by molar-refractivity contribution is 0.124. The summed E-state index contributed by atoms with van der Waals surface area (Å²) in [5.74, 6) is 0.400. The van der Waals surface area contributed by atoms with E-state index < -0.39 is 0 Å². The molecule has 1 fully saturated rings. The maximum Gasteiger partial charge on any atom is 0.317 e. The number of nitrogens with zero attached hydrogens (tertiary/aromatic N) is 2. The number of nitriles is 1. The molecule has 0 atom stereocenters. The monoisotopic (exact) mass is 153 g/mol. The Bertz CT molecular complexity index is 190. The number of carbonyl (C=O) groups is 1. The largest absolute Gasteiger partial charge is 0.341 e. The zero-order chi connectivity index (χ0) is 8.27. The van der Waals surface area contributed by atoms with Crippen molar-refractivity contribution in [2.45, 2.75) is 6.42 Å². The number of amides is 2. The number of likely N-dealkylation sites (tertiary alicyclic amines) is 1. The molecule has 1 heterocycles. The van der Waals surface area contributed by atoms with Crippen LogP contribution in [0.1, 0.15) is 6.42 Å². The van der Waals surface area contributed by atoms with E-state index in [-0.39, 0.29) is 6.03 Å². The molecular formula is C7H11N3O. The first kappa shape index (κ1) is 7.86. The van der Waals surface area contributed by atoms with Crippen molar-refractivity contribution in [1.29, 1.82) is 5.26 Å². The van der Waals surface area contributed by atoms with Gasteiger partial charge in [-0.1, -0.05) is 0 Å². The molecule has 0 aromatic heterocycles. The van der Waals surface area contributed by atoms with Gasteiger partial charge in [-0.2, -0.15) is 5.26 Å². The molecule has 0 unspecified atom stereocenters. The SMILES string of the molecule is CNC(=O)N1CC(CC#N)C1. The zero-order valence-electron chi connectivity index (χ0n) is 6.50. The molecule has 0 aromatic carbocycles. The second-order valence-corrected chi connectivity index (χ2v) is 2.69. The van der Waals surface area contributed by atoms with Gasteiger partial charge in [0, 0.05) is 32.5 Å². The molecule has 1 aliphatic rings. The van der Waals surface area contributed by atoms with Crippen molar-refractivity contribution in [2.24, 2.45) is 5.92 Å². The molecule has 1 aliphatic heterocycles. The van der Waals surface area contributed by atoms with Crippen molar-refractivity contribution in [3.8, 4) is 6.07 Å². The topological polar surface area (TPSA) is 56.1 Å². The van der Waals surface area contributed by atoms with Crippen molar-refractivity contribution < 1.29 is 4.79 Å². The molecule has 0 aliphatic carbocycles. The molecule has 2 amide bonds. The van der Waals surface area contributed by atoms with Crippen molar-refractivity contribution in [1.82, 2.24) is 10.2 Å². The Morgan fingerprint density at radius 1 is 1.82 bits per heavy atom. The Morgan fingerprint density at radius 2 is 2.45 bits per heavy atom. The predicted octanol–water partition coefficient (Wildman–Crippen LogP) is 0.171. The molecule has 4 heteroatoms. The molecule has 0 aromatic rings. The minimum atomic E-state index is -0.0424. The number of hydrogen-bond acceptors (Lipinski definition) is 2. The average molecular weight is 153 g/mol. The first-order valence-electron chi connectivity index (χ1n) is 3.61. The van der Waals surface area contributed by atoms with Gasteiger partial charge in [-0.3, -0.25) is 0 Å². The Kier molecular flexibility index (Phi) is 2.32. The Hall–Kier alpha value is -1.24. The van der Waals surface area contributed by atoms with E-state index in [2.05, 4.69) is 11.4 Å². The highest BCUT2D eigenvalue weighted by Gasteiger charge is 2.29. The summed E-state index contributed by atoms with van der Waals surface area (Å²) in [6, 6.07) is 2.05. The van der Waals surface area contributed by atoms with E-state index in [1.54, 1.807) is 11.9 Å². The van der Waals surface area contributed by atoms with Gasteiger partial charge in [-0.25, -0.2) is 4.79 Å². The molecule has 60 valence electrons. The summed E-state index contributed by atoms with van der Waals surface area (Å²) in [5, 5.41) is 10.8. The van der Waals surface area contributed by atoms with Crippen LogP contribution in [0.15, 0.2) is 0 Å². The van der Waals surface area contributed by atoms with Crippen LogP contribution in [0.25, 0.3) is 0 Å².